The van der Waals surface area contributed by atoms with Gasteiger partial charge in [0.1, 0.15) is 0 Å². The predicted octanol–water partition coefficient (Wildman–Crippen LogP) is 1.97. The lowest BCUT2D eigenvalue weighted by molar-refractivity contribution is -0.129. The largest absolute Gasteiger partial charge is 0.342 e. The lowest BCUT2D eigenvalue weighted by atomic mass is 10.2. The fraction of sp³-hybridized carbons (Fsp3) is 0.700. The van der Waals surface area contributed by atoms with E-state index in [0.29, 0.717) is 6.42 Å². The first-order valence-corrected chi connectivity index (χ1v) is 4.61. The number of amides is 1. The molecule has 0 aromatic rings. The van der Waals surface area contributed by atoms with Crippen molar-refractivity contribution in [3.05, 3.63) is 11.6 Å². The van der Waals surface area contributed by atoms with Gasteiger partial charge in [-0.25, -0.2) is 0 Å². The highest BCUT2D eigenvalue weighted by molar-refractivity contribution is 5.77. The maximum atomic E-state index is 11.4. The molecule has 68 valence electrons. The van der Waals surface area contributed by atoms with Gasteiger partial charge in [0.25, 0.3) is 0 Å². The summed E-state index contributed by atoms with van der Waals surface area (Å²) in [5, 5.41) is 0. The van der Waals surface area contributed by atoms with Crippen molar-refractivity contribution >= 4 is 5.91 Å². The van der Waals surface area contributed by atoms with Gasteiger partial charge in [-0.15, -0.1) is 0 Å². The van der Waals surface area contributed by atoms with Crippen LogP contribution in [-0.4, -0.2) is 23.9 Å². The number of hydrogen-bond acceptors (Lipinski definition) is 1. The van der Waals surface area contributed by atoms with Crippen molar-refractivity contribution < 1.29 is 4.79 Å². The van der Waals surface area contributed by atoms with E-state index in [-0.39, 0.29) is 5.91 Å². The van der Waals surface area contributed by atoms with Crippen molar-refractivity contribution in [3.63, 3.8) is 0 Å². The van der Waals surface area contributed by atoms with Crippen molar-refractivity contribution in [1.82, 2.24) is 4.90 Å². The van der Waals surface area contributed by atoms with Crippen molar-refractivity contribution in [2.45, 2.75) is 33.1 Å². The molecule has 1 saturated heterocycles. The number of likely N-dealkylation sites (tertiary alicyclic amines) is 1. The minimum absolute atomic E-state index is 0.286. The predicted molar refractivity (Wildman–Crippen MR) is 49.9 cm³/mol. The van der Waals surface area contributed by atoms with Gasteiger partial charge in [-0.3, -0.25) is 4.79 Å². The van der Waals surface area contributed by atoms with Gasteiger partial charge in [-0.05, 0) is 26.7 Å². The molecular weight excluding hydrogens is 150 g/mol. The molecule has 1 aliphatic rings. The van der Waals surface area contributed by atoms with Gasteiger partial charge < -0.3 is 4.90 Å². The second kappa shape index (κ2) is 4.29. The van der Waals surface area contributed by atoms with Gasteiger partial charge in [-0.1, -0.05) is 11.6 Å². The molecule has 2 heteroatoms. The second-order valence-corrected chi connectivity index (χ2v) is 3.57. The Hall–Kier alpha value is -0.790. The molecule has 0 radical (unpaired) electrons. The van der Waals surface area contributed by atoms with Crippen LogP contribution in [0.4, 0.5) is 0 Å². The first-order chi connectivity index (χ1) is 5.70. The minimum Gasteiger partial charge on any atom is -0.342 e. The smallest absolute Gasteiger partial charge is 0.226 e. The summed E-state index contributed by atoms with van der Waals surface area (Å²) in [6.45, 7) is 5.99. The van der Waals surface area contributed by atoms with Crippen LogP contribution >= 0.6 is 0 Å². The standard InChI is InChI=1S/C10H17NO/c1-9(2)5-6-10(12)11-7-3-4-8-11/h5H,3-4,6-8H2,1-2H3. The number of nitrogens with zero attached hydrogens (tertiary/aromatic N) is 1. The lowest BCUT2D eigenvalue weighted by Gasteiger charge is -2.13. The summed E-state index contributed by atoms with van der Waals surface area (Å²) in [7, 11) is 0. The molecule has 0 aromatic heterocycles. The zero-order valence-corrected chi connectivity index (χ0v) is 7.97. The molecule has 0 saturated carbocycles. The summed E-state index contributed by atoms with van der Waals surface area (Å²) in [5.74, 6) is 0.286. The molecule has 12 heavy (non-hydrogen) atoms. The molecule has 1 heterocycles. The molecular formula is C10H17NO. The van der Waals surface area contributed by atoms with E-state index in [9.17, 15) is 4.79 Å². The summed E-state index contributed by atoms with van der Waals surface area (Å²) in [6.07, 6.45) is 4.95. The highest BCUT2D eigenvalue weighted by Gasteiger charge is 2.15. The maximum absolute atomic E-state index is 11.4. The Labute approximate surface area is 74.2 Å². The molecule has 0 spiro atoms. The van der Waals surface area contributed by atoms with Gasteiger partial charge >= 0.3 is 0 Å². The third-order valence-corrected chi connectivity index (χ3v) is 2.14. The van der Waals surface area contributed by atoms with Crippen LogP contribution in [0.15, 0.2) is 11.6 Å². The zero-order chi connectivity index (χ0) is 8.97. The van der Waals surface area contributed by atoms with E-state index in [1.165, 1.54) is 18.4 Å². The Kier molecular flexibility index (Phi) is 3.32. The molecule has 0 N–H and O–H groups in total. The van der Waals surface area contributed by atoms with Crippen LogP contribution in [0.1, 0.15) is 33.1 Å². The molecule has 1 rings (SSSR count). The van der Waals surface area contributed by atoms with Crippen molar-refractivity contribution in [2.24, 2.45) is 0 Å². The minimum atomic E-state index is 0.286. The van der Waals surface area contributed by atoms with Crippen LogP contribution in [-0.2, 0) is 4.79 Å². The fourth-order valence-electron chi connectivity index (χ4n) is 1.39. The monoisotopic (exact) mass is 167 g/mol. The summed E-state index contributed by atoms with van der Waals surface area (Å²) in [5.41, 5.74) is 1.22. The Morgan fingerprint density at radius 3 is 2.42 bits per heavy atom. The average molecular weight is 167 g/mol. The summed E-state index contributed by atoms with van der Waals surface area (Å²) in [4.78, 5) is 13.4. The van der Waals surface area contributed by atoms with E-state index >= 15 is 0 Å². The quantitative estimate of drug-likeness (QED) is 0.576. The highest BCUT2D eigenvalue weighted by atomic mass is 16.2. The van der Waals surface area contributed by atoms with Gasteiger partial charge in [0.2, 0.25) is 5.91 Å². The molecule has 0 bridgehead atoms. The number of rotatable bonds is 2. The van der Waals surface area contributed by atoms with Crippen LogP contribution in [0.25, 0.3) is 0 Å². The zero-order valence-electron chi connectivity index (χ0n) is 7.97. The van der Waals surface area contributed by atoms with E-state index in [4.69, 9.17) is 0 Å². The summed E-state index contributed by atoms with van der Waals surface area (Å²) in [6, 6.07) is 0. The molecule has 0 atom stereocenters. The second-order valence-electron chi connectivity index (χ2n) is 3.57. The van der Waals surface area contributed by atoms with Crippen LogP contribution in [0, 0.1) is 0 Å². The fourth-order valence-corrected chi connectivity index (χ4v) is 1.39. The van der Waals surface area contributed by atoms with Gasteiger partial charge in [0, 0.05) is 19.5 Å². The third-order valence-electron chi connectivity index (χ3n) is 2.14. The van der Waals surface area contributed by atoms with Crippen molar-refractivity contribution in [3.8, 4) is 0 Å². The lowest BCUT2D eigenvalue weighted by Crippen LogP contribution is -2.26. The first-order valence-electron chi connectivity index (χ1n) is 4.61. The van der Waals surface area contributed by atoms with Gasteiger partial charge in [-0.2, -0.15) is 0 Å². The molecule has 0 aromatic carbocycles. The summed E-state index contributed by atoms with van der Waals surface area (Å²) < 4.78 is 0. The van der Waals surface area contributed by atoms with Crippen LogP contribution in [0.2, 0.25) is 0 Å². The SMILES string of the molecule is CC(C)=CCC(=O)N1CCCC1. The van der Waals surface area contributed by atoms with Gasteiger partial charge in [0.15, 0.2) is 0 Å². The van der Waals surface area contributed by atoms with Crippen molar-refractivity contribution in [2.75, 3.05) is 13.1 Å². The Bertz CT molecular complexity index is 186. The van der Waals surface area contributed by atoms with E-state index in [1.54, 1.807) is 0 Å². The van der Waals surface area contributed by atoms with E-state index < -0.39 is 0 Å². The first kappa shape index (κ1) is 9.30. The Morgan fingerprint density at radius 2 is 1.92 bits per heavy atom. The third kappa shape index (κ3) is 2.68. The van der Waals surface area contributed by atoms with Crippen molar-refractivity contribution in [1.29, 1.82) is 0 Å². The maximum Gasteiger partial charge on any atom is 0.226 e. The molecule has 0 aliphatic carbocycles. The Morgan fingerprint density at radius 1 is 1.33 bits per heavy atom. The number of allylic oxidation sites excluding steroid dienone is 1. The van der Waals surface area contributed by atoms with E-state index in [2.05, 4.69) is 0 Å². The normalized spacial score (nSPS) is 16.3. The Balaban J connectivity index is 2.32. The number of carbonyl (C=O) groups excluding carboxylic acids is 1. The van der Waals surface area contributed by atoms with Gasteiger partial charge in [0.05, 0.1) is 0 Å². The van der Waals surface area contributed by atoms with Crippen LogP contribution in [0.3, 0.4) is 0 Å². The van der Waals surface area contributed by atoms with E-state index in [0.717, 1.165) is 13.1 Å². The summed E-state index contributed by atoms with van der Waals surface area (Å²) >= 11 is 0. The molecule has 1 fully saturated rings. The van der Waals surface area contributed by atoms with Crippen LogP contribution < -0.4 is 0 Å². The number of carbonyl (C=O) groups is 1. The van der Waals surface area contributed by atoms with E-state index in [1.807, 2.05) is 24.8 Å². The average Bonchev–Trinajstić information content (AvgIpc) is 2.51. The highest BCUT2D eigenvalue weighted by Crippen LogP contribution is 2.09. The molecule has 1 aliphatic heterocycles. The topological polar surface area (TPSA) is 20.3 Å². The number of hydrogen-bond donors (Lipinski definition) is 0. The molecule has 2 nitrogen and oxygen atoms in total. The molecule has 1 amide bonds. The van der Waals surface area contributed by atoms with Crippen LogP contribution in [0.5, 0.6) is 0 Å². The molecule has 0 unspecified atom stereocenters.